The Hall–Kier alpha value is -4.19. The van der Waals surface area contributed by atoms with Crippen molar-refractivity contribution in [3.8, 4) is 0 Å². The average Bonchev–Trinajstić information content (AvgIpc) is 3.72. The van der Waals surface area contributed by atoms with Crippen LogP contribution in [0.4, 0.5) is 0 Å². The number of benzene rings is 3. The van der Waals surface area contributed by atoms with Crippen LogP contribution in [0.5, 0.6) is 0 Å². The van der Waals surface area contributed by atoms with Crippen LogP contribution >= 0.6 is 0 Å². The van der Waals surface area contributed by atoms with Crippen LogP contribution in [0.15, 0.2) is 73.1 Å². The number of rotatable bonds is 3. The van der Waals surface area contributed by atoms with Gasteiger partial charge in [-0.3, -0.25) is 20.0 Å². The largest absolute Gasteiger partial charge is 0.375 e. The van der Waals surface area contributed by atoms with Crippen molar-refractivity contribution in [1.82, 2.24) is 30.2 Å². The number of ether oxygens (including phenoxy) is 2. The molecule has 6 heterocycles. The van der Waals surface area contributed by atoms with Gasteiger partial charge in [-0.1, -0.05) is 36.4 Å². The number of nitrogens with one attached hydrogen (secondary N) is 3. The van der Waals surface area contributed by atoms with E-state index in [1.807, 2.05) is 12.5 Å². The number of para-hydroxylation sites is 2. The maximum absolute atomic E-state index is 13.3. The van der Waals surface area contributed by atoms with Gasteiger partial charge in [-0.15, -0.1) is 0 Å². The van der Waals surface area contributed by atoms with Gasteiger partial charge < -0.3 is 29.2 Å². The number of likely N-dealkylation sites (N-methyl/N-ethyl adjacent to an activating group) is 1. The molecular weight excluding hydrogens is 636 g/mol. The minimum Gasteiger partial charge on any atom is -0.375 e. The molecule has 4 atom stereocenters. The van der Waals surface area contributed by atoms with Crippen LogP contribution in [-0.2, 0) is 41.2 Å². The van der Waals surface area contributed by atoms with Crippen LogP contribution in [0.3, 0.4) is 0 Å². The molecule has 1 fully saturated rings. The van der Waals surface area contributed by atoms with Crippen molar-refractivity contribution in [3.05, 3.63) is 89.7 Å². The zero-order chi connectivity index (χ0) is 31.0. The molecule has 3 aliphatic rings. The molecule has 2 amide bonds. The number of carbonyl (C=O) groups excluding carboxylic acids is 2. The first kappa shape index (κ1) is 30.5. The summed E-state index contributed by atoms with van der Waals surface area (Å²) in [5.74, 6) is 4.58. The van der Waals surface area contributed by atoms with Crippen LogP contribution in [0.2, 0.25) is 0 Å². The van der Waals surface area contributed by atoms with Crippen molar-refractivity contribution < 1.29 is 38.5 Å². The molecule has 0 aliphatic carbocycles. The number of hydrazine groups is 1. The molecule has 9 rings (SSSR count). The SMILES string of the molecule is CN[C@H]1C[C@@H]2O[C@](C)([C@H]1OC)n1c3ccccc3c3c4c(c5c6ccccc6n2c5c31)C(=O)NC4.NNC(=O)c1ccncc1.[Zn]. The summed E-state index contributed by atoms with van der Waals surface area (Å²) in [6.07, 6.45) is 3.40. The van der Waals surface area contributed by atoms with E-state index in [1.165, 1.54) is 12.4 Å². The molecule has 6 aromatic rings. The topological polar surface area (TPSA) is 137 Å². The van der Waals surface area contributed by atoms with Gasteiger partial charge in [-0.25, -0.2) is 5.84 Å². The molecule has 3 aromatic heterocycles. The average molecular weight is 669 g/mol. The van der Waals surface area contributed by atoms with Gasteiger partial charge in [-0.2, -0.15) is 0 Å². The van der Waals surface area contributed by atoms with E-state index in [1.54, 1.807) is 19.2 Å². The Morgan fingerprint density at radius 2 is 1.72 bits per heavy atom. The fraction of sp³-hybridized carbons (Fsp3) is 0.265. The van der Waals surface area contributed by atoms with Crippen molar-refractivity contribution in [1.29, 1.82) is 0 Å². The number of methoxy groups -OCH3 is 1. The molecule has 11 nitrogen and oxygen atoms in total. The molecule has 0 radical (unpaired) electrons. The predicted molar refractivity (Wildman–Crippen MR) is 172 cm³/mol. The third kappa shape index (κ3) is 4.04. The Morgan fingerprint density at radius 1 is 1.04 bits per heavy atom. The second-order valence-corrected chi connectivity index (χ2v) is 11.8. The van der Waals surface area contributed by atoms with E-state index in [0.717, 1.165) is 61.2 Å². The van der Waals surface area contributed by atoms with E-state index in [9.17, 15) is 9.59 Å². The van der Waals surface area contributed by atoms with E-state index in [2.05, 4.69) is 80.2 Å². The minimum atomic E-state index is -0.760. The van der Waals surface area contributed by atoms with Crippen LogP contribution in [0.25, 0.3) is 43.6 Å². The van der Waals surface area contributed by atoms with E-state index in [4.69, 9.17) is 15.3 Å². The fourth-order valence-corrected chi connectivity index (χ4v) is 7.92. The Labute approximate surface area is 277 Å². The quantitative estimate of drug-likeness (QED) is 0.0967. The van der Waals surface area contributed by atoms with Crippen molar-refractivity contribution >= 4 is 55.4 Å². The van der Waals surface area contributed by atoms with Crippen LogP contribution in [0, 0.1) is 0 Å². The van der Waals surface area contributed by atoms with Gasteiger partial charge >= 0.3 is 0 Å². The minimum absolute atomic E-state index is 0. The number of amides is 2. The number of pyridine rings is 1. The number of hydrogen-bond acceptors (Lipinski definition) is 7. The molecule has 12 heteroatoms. The Balaban J connectivity index is 0.000000266. The molecule has 0 unspecified atom stereocenters. The first-order chi connectivity index (χ1) is 21.9. The van der Waals surface area contributed by atoms with Gasteiger partial charge in [0.15, 0.2) is 5.72 Å². The Morgan fingerprint density at radius 3 is 2.39 bits per heavy atom. The monoisotopic (exact) mass is 667 g/mol. The predicted octanol–water partition coefficient (Wildman–Crippen LogP) is 4.04. The summed E-state index contributed by atoms with van der Waals surface area (Å²) in [4.78, 5) is 27.8. The van der Waals surface area contributed by atoms with Crippen LogP contribution in [0.1, 0.15) is 45.9 Å². The van der Waals surface area contributed by atoms with Crippen molar-refractivity contribution in [2.45, 2.75) is 44.0 Å². The van der Waals surface area contributed by atoms with Crippen LogP contribution < -0.4 is 21.9 Å². The number of carbonyl (C=O) groups is 2. The maximum atomic E-state index is 13.3. The third-order valence-corrected chi connectivity index (χ3v) is 9.67. The van der Waals surface area contributed by atoms with E-state index in [-0.39, 0.29) is 49.7 Å². The normalized spacial score (nSPS) is 22.7. The summed E-state index contributed by atoms with van der Waals surface area (Å²) in [6.45, 7) is 2.68. The first-order valence-corrected chi connectivity index (χ1v) is 15.0. The van der Waals surface area contributed by atoms with Gasteiger partial charge in [0.05, 0.1) is 27.6 Å². The number of hydrogen-bond donors (Lipinski definition) is 4. The molecule has 230 valence electrons. The summed E-state index contributed by atoms with van der Waals surface area (Å²) < 4.78 is 18.0. The van der Waals surface area contributed by atoms with Gasteiger partial charge in [0.2, 0.25) is 0 Å². The molecule has 3 aromatic carbocycles. The molecule has 1 saturated heterocycles. The summed E-state index contributed by atoms with van der Waals surface area (Å²) in [5.41, 5.74) is 8.03. The molecule has 46 heavy (non-hydrogen) atoms. The van der Waals surface area contributed by atoms with E-state index < -0.39 is 5.72 Å². The summed E-state index contributed by atoms with van der Waals surface area (Å²) >= 11 is 0. The maximum Gasteiger partial charge on any atom is 0.265 e. The van der Waals surface area contributed by atoms with Gasteiger partial charge in [-0.05, 0) is 43.8 Å². The zero-order valence-electron chi connectivity index (χ0n) is 25.8. The number of fused-ring (bicyclic) bond motifs is 13. The third-order valence-electron chi connectivity index (χ3n) is 9.67. The first-order valence-electron chi connectivity index (χ1n) is 15.0. The molecule has 3 aliphatic heterocycles. The number of nitrogen functional groups attached to an aromatic ring is 1. The van der Waals surface area contributed by atoms with E-state index in [0.29, 0.717) is 12.1 Å². The second-order valence-electron chi connectivity index (χ2n) is 11.8. The summed E-state index contributed by atoms with van der Waals surface area (Å²) in [7, 11) is 3.77. The van der Waals surface area contributed by atoms with Crippen LogP contribution in [-0.4, -0.2) is 52.2 Å². The number of nitrogens with two attached hydrogens (primary N) is 1. The zero-order valence-corrected chi connectivity index (χ0v) is 28.8. The molecule has 5 N–H and O–H groups in total. The van der Waals surface area contributed by atoms with Gasteiger partial charge in [0, 0.05) is 85.1 Å². The number of nitrogens with zero attached hydrogens (tertiary/aromatic N) is 3. The van der Waals surface area contributed by atoms with Crippen molar-refractivity contribution in [2.75, 3.05) is 14.2 Å². The Kier molecular flexibility index (Phi) is 7.45. The van der Waals surface area contributed by atoms with Gasteiger partial charge in [0.1, 0.15) is 12.3 Å². The molecule has 0 spiro atoms. The van der Waals surface area contributed by atoms with Gasteiger partial charge in [0.25, 0.3) is 11.8 Å². The number of aromatic nitrogens is 3. The molecular formula is C34H33N7O4Zn. The Bertz CT molecular complexity index is 2180. The molecule has 0 saturated carbocycles. The fourth-order valence-electron chi connectivity index (χ4n) is 7.92. The van der Waals surface area contributed by atoms with Crippen molar-refractivity contribution in [3.63, 3.8) is 0 Å². The molecule has 2 bridgehead atoms. The summed E-state index contributed by atoms with van der Waals surface area (Å²) in [5, 5.41) is 11.0. The van der Waals surface area contributed by atoms with E-state index >= 15 is 0 Å². The summed E-state index contributed by atoms with van der Waals surface area (Å²) in [6, 6.07) is 20.1. The van der Waals surface area contributed by atoms with Crippen molar-refractivity contribution in [2.24, 2.45) is 5.84 Å². The second kappa shape index (κ2) is 11.3. The standard InChI is InChI=1S/C28H26N4O3.C6H7N3O.Zn/c1-28-26(34-3)17(29-2)12-20(35-28)31-18-10-6-4-8-14(18)22-23-16(13-30-27(23)33)21-15-9-5-7-11-19(15)32(28)25(21)24(22)31;7-9-6(10)5-1-3-8-4-2-5;/h4-11,17,20,26,29H,12-13H2,1-3H3,(H,30,33);1-4H,7H2,(H,9,10);/t17-,20-,26-,28+;;/m0../s1. The smallest absolute Gasteiger partial charge is 0.265 e.